The molecule has 1 aromatic rings. The minimum atomic E-state index is 0.361. The summed E-state index contributed by atoms with van der Waals surface area (Å²) in [5.74, 6) is 2.12. The summed E-state index contributed by atoms with van der Waals surface area (Å²) in [5.41, 5.74) is 3.37. The molecule has 108 valence electrons. The summed E-state index contributed by atoms with van der Waals surface area (Å²) in [4.78, 5) is 2.54. The third-order valence-electron chi connectivity index (χ3n) is 6.26. The number of hydrogen-bond donors (Lipinski definition) is 1. The fourth-order valence-corrected chi connectivity index (χ4v) is 5.44. The molecule has 0 aromatic heterocycles. The van der Waals surface area contributed by atoms with Crippen LogP contribution in [0.2, 0.25) is 0 Å². The Balaban J connectivity index is 1.89. The summed E-state index contributed by atoms with van der Waals surface area (Å²) in [5, 5.41) is 9.98. The first-order chi connectivity index (χ1) is 9.69. The number of phenolic OH excluding ortho intramolecular Hbond substituents is 1. The van der Waals surface area contributed by atoms with E-state index in [2.05, 4.69) is 24.1 Å². The van der Waals surface area contributed by atoms with Gasteiger partial charge in [0.25, 0.3) is 0 Å². The Hall–Kier alpha value is -1.02. The predicted molar refractivity (Wildman–Crippen MR) is 81.1 cm³/mol. The van der Waals surface area contributed by atoms with Gasteiger partial charge in [-0.25, -0.2) is 0 Å². The van der Waals surface area contributed by atoms with Crippen molar-refractivity contribution in [2.75, 3.05) is 20.1 Å². The molecule has 1 heterocycles. The van der Waals surface area contributed by atoms with E-state index in [1.807, 2.05) is 6.07 Å². The molecular formula is C18H25NO. The second kappa shape index (κ2) is 4.49. The first-order valence-corrected chi connectivity index (χ1v) is 8.20. The smallest absolute Gasteiger partial charge is 0.115 e. The Morgan fingerprint density at radius 1 is 1.25 bits per heavy atom. The van der Waals surface area contributed by atoms with Crippen molar-refractivity contribution < 1.29 is 5.11 Å². The van der Waals surface area contributed by atoms with Gasteiger partial charge < -0.3 is 10.0 Å². The molecule has 0 spiro atoms. The van der Waals surface area contributed by atoms with Crippen LogP contribution in [0.4, 0.5) is 0 Å². The van der Waals surface area contributed by atoms with Gasteiger partial charge in [0.2, 0.25) is 0 Å². The predicted octanol–water partition coefficient (Wildman–Crippen LogP) is 3.33. The highest BCUT2D eigenvalue weighted by Crippen LogP contribution is 2.55. The number of fused-ring (bicyclic) bond motifs is 1. The molecule has 3 atom stereocenters. The summed E-state index contributed by atoms with van der Waals surface area (Å²) in [6, 6.07) is 6.17. The second-order valence-electron chi connectivity index (χ2n) is 7.33. The molecule has 1 saturated carbocycles. The first-order valence-electron chi connectivity index (χ1n) is 8.20. The van der Waals surface area contributed by atoms with E-state index < -0.39 is 0 Å². The maximum absolute atomic E-state index is 9.98. The lowest BCUT2D eigenvalue weighted by Gasteiger charge is -2.51. The van der Waals surface area contributed by atoms with Gasteiger partial charge >= 0.3 is 0 Å². The van der Waals surface area contributed by atoms with E-state index in [1.54, 1.807) is 0 Å². The summed E-state index contributed by atoms with van der Waals surface area (Å²) >= 11 is 0. The summed E-state index contributed by atoms with van der Waals surface area (Å²) in [6.45, 7) is 2.47. The normalized spacial score (nSPS) is 36.9. The Morgan fingerprint density at radius 3 is 3.05 bits per heavy atom. The quantitative estimate of drug-likeness (QED) is 0.782. The summed E-state index contributed by atoms with van der Waals surface area (Å²) in [7, 11) is 2.28. The molecule has 3 aliphatic rings. The Kier molecular flexibility index (Phi) is 2.85. The second-order valence-corrected chi connectivity index (χ2v) is 7.33. The van der Waals surface area contributed by atoms with Crippen LogP contribution in [0.15, 0.2) is 18.2 Å². The van der Waals surface area contributed by atoms with Gasteiger partial charge in [0, 0.05) is 12.0 Å². The summed E-state index contributed by atoms with van der Waals surface area (Å²) < 4.78 is 0. The first kappa shape index (κ1) is 12.7. The van der Waals surface area contributed by atoms with Crippen molar-refractivity contribution in [2.45, 2.75) is 43.9 Å². The number of nitrogens with zero attached hydrogens (tertiary/aromatic N) is 1. The average molecular weight is 271 g/mol. The molecule has 1 saturated heterocycles. The van der Waals surface area contributed by atoms with Crippen molar-refractivity contribution in [1.82, 2.24) is 4.90 Å². The van der Waals surface area contributed by atoms with Gasteiger partial charge in [-0.1, -0.05) is 18.9 Å². The largest absolute Gasteiger partial charge is 0.508 e. The van der Waals surface area contributed by atoms with E-state index in [-0.39, 0.29) is 0 Å². The zero-order valence-corrected chi connectivity index (χ0v) is 12.4. The molecule has 2 bridgehead atoms. The van der Waals surface area contributed by atoms with Crippen LogP contribution in [0.5, 0.6) is 5.75 Å². The van der Waals surface area contributed by atoms with Crippen molar-refractivity contribution in [2.24, 2.45) is 11.8 Å². The fourth-order valence-electron chi connectivity index (χ4n) is 5.44. The molecule has 2 aliphatic carbocycles. The number of hydrogen-bond acceptors (Lipinski definition) is 2. The van der Waals surface area contributed by atoms with Gasteiger partial charge in [0.1, 0.15) is 5.75 Å². The minimum absolute atomic E-state index is 0.361. The Labute approximate surface area is 121 Å². The van der Waals surface area contributed by atoms with E-state index in [9.17, 15) is 5.11 Å². The highest BCUT2D eigenvalue weighted by atomic mass is 16.3. The Bertz CT molecular complexity index is 526. The zero-order valence-electron chi connectivity index (χ0n) is 12.4. The van der Waals surface area contributed by atoms with Crippen molar-refractivity contribution in [1.29, 1.82) is 0 Å². The molecule has 2 fully saturated rings. The highest BCUT2D eigenvalue weighted by molar-refractivity contribution is 5.44. The van der Waals surface area contributed by atoms with Gasteiger partial charge in [-0.05, 0) is 74.4 Å². The number of likely N-dealkylation sites (tertiary alicyclic amines) is 1. The fraction of sp³-hybridized carbons (Fsp3) is 0.667. The molecule has 0 radical (unpaired) electrons. The van der Waals surface area contributed by atoms with Crippen LogP contribution < -0.4 is 0 Å². The van der Waals surface area contributed by atoms with Crippen LogP contribution in [0.25, 0.3) is 0 Å². The molecule has 1 aromatic carbocycles. The van der Waals surface area contributed by atoms with Crippen LogP contribution >= 0.6 is 0 Å². The third kappa shape index (κ3) is 1.74. The zero-order chi connectivity index (χ0) is 13.7. The molecule has 20 heavy (non-hydrogen) atoms. The maximum Gasteiger partial charge on any atom is 0.115 e. The lowest BCUT2D eigenvalue weighted by molar-refractivity contribution is 0.110. The van der Waals surface area contributed by atoms with E-state index in [0.29, 0.717) is 11.2 Å². The van der Waals surface area contributed by atoms with E-state index in [1.165, 1.54) is 62.7 Å². The molecular weight excluding hydrogens is 246 g/mol. The molecule has 1 N–H and O–H groups in total. The van der Waals surface area contributed by atoms with Gasteiger partial charge in [-0.2, -0.15) is 0 Å². The van der Waals surface area contributed by atoms with Crippen molar-refractivity contribution in [3.05, 3.63) is 29.3 Å². The van der Waals surface area contributed by atoms with Gasteiger partial charge in [-0.15, -0.1) is 0 Å². The molecule has 4 rings (SSSR count). The van der Waals surface area contributed by atoms with Gasteiger partial charge in [0.15, 0.2) is 0 Å². The van der Waals surface area contributed by atoms with Crippen LogP contribution in [0.3, 0.4) is 0 Å². The van der Waals surface area contributed by atoms with E-state index in [4.69, 9.17) is 0 Å². The highest BCUT2D eigenvalue weighted by Gasteiger charge is 2.50. The van der Waals surface area contributed by atoms with Gasteiger partial charge in [0.05, 0.1) is 0 Å². The molecule has 2 heteroatoms. The lowest BCUT2D eigenvalue weighted by atomic mass is 9.53. The number of benzene rings is 1. The number of phenols is 1. The standard InChI is InChI=1S/C18H25NO/c1-19-9-8-18-7-3-2-4-16(18)14(12-19)10-13-5-6-15(20)11-17(13)18/h5-6,11,14,16,20H,2-4,7-10,12H2,1H3/t14-,16-,18+/m0/s1. The topological polar surface area (TPSA) is 23.5 Å². The van der Waals surface area contributed by atoms with Crippen molar-refractivity contribution in [3.8, 4) is 5.75 Å². The van der Waals surface area contributed by atoms with Crippen LogP contribution in [-0.4, -0.2) is 30.1 Å². The monoisotopic (exact) mass is 271 g/mol. The number of aromatic hydroxyl groups is 1. The van der Waals surface area contributed by atoms with E-state index in [0.717, 1.165) is 11.8 Å². The van der Waals surface area contributed by atoms with Gasteiger partial charge in [-0.3, -0.25) is 0 Å². The van der Waals surface area contributed by atoms with Crippen LogP contribution in [0.1, 0.15) is 43.2 Å². The van der Waals surface area contributed by atoms with Crippen LogP contribution in [-0.2, 0) is 11.8 Å². The number of rotatable bonds is 0. The molecule has 0 unspecified atom stereocenters. The molecule has 2 nitrogen and oxygen atoms in total. The minimum Gasteiger partial charge on any atom is -0.508 e. The molecule has 1 aliphatic heterocycles. The van der Waals surface area contributed by atoms with E-state index >= 15 is 0 Å². The SMILES string of the molecule is CN1CC[C@]23CCCC[C@H]2[C@@H](Cc2ccc(O)cc23)C1. The Morgan fingerprint density at radius 2 is 2.15 bits per heavy atom. The third-order valence-corrected chi connectivity index (χ3v) is 6.26. The lowest BCUT2D eigenvalue weighted by Crippen LogP contribution is -2.46. The van der Waals surface area contributed by atoms with Crippen molar-refractivity contribution >= 4 is 0 Å². The molecule has 0 amide bonds. The maximum atomic E-state index is 9.98. The summed E-state index contributed by atoms with van der Waals surface area (Å²) in [6.07, 6.45) is 7.99. The van der Waals surface area contributed by atoms with Crippen molar-refractivity contribution in [3.63, 3.8) is 0 Å². The average Bonchev–Trinajstić information content (AvgIpc) is 2.56. The van der Waals surface area contributed by atoms with Crippen LogP contribution in [0, 0.1) is 11.8 Å².